The highest BCUT2D eigenvalue weighted by atomic mass is 32.2. The summed E-state index contributed by atoms with van der Waals surface area (Å²) in [6.45, 7) is 3.22. The molecule has 0 fully saturated rings. The summed E-state index contributed by atoms with van der Waals surface area (Å²) in [6, 6.07) is 1.56. The van der Waals surface area contributed by atoms with Gasteiger partial charge in [0.15, 0.2) is 11.5 Å². The van der Waals surface area contributed by atoms with E-state index in [0.717, 1.165) is 12.1 Å². The number of nitrogens with one attached hydrogen (secondary N) is 2. The van der Waals surface area contributed by atoms with Gasteiger partial charge in [-0.1, -0.05) is 13.8 Å². The zero-order valence-electron chi connectivity index (χ0n) is 10.9. The van der Waals surface area contributed by atoms with E-state index >= 15 is 0 Å². The first-order valence-electron chi connectivity index (χ1n) is 5.71. The third-order valence-electron chi connectivity index (χ3n) is 2.30. The van der Waals surface area contributed by atoms with E-state index < -0.39 is 41.3 Å². The first-order valence-corrected chi connectivity index (χ1v) is 8.67. The van der Waals surface area contributed by atoms with Crippen molar-refractivity contribution in [3.05, 3.63) is 12.1 Å². The van der Waals surface area contributed by atoms with Crippen LogP contribution in [0, 0.1) is 0 Å². The summed E-state index contributed by atoms with van der Waals surface area (Å²) < 4.78 is 51.6. The summed E-state index contributed by atoms with van der Waals surface area (Å²) in [6.07, 6.45) is 0. The number of sulfonamides is 2. The van der Waals surface area contributed by atoms with Gasteiger partial charge in [-0.2, -0.15) is 0 Å². The second-order valence-corrected chi connectivity index (χ2v) is 7.29. The SMILES string of the molecule is CCNS(=O)(=O)c1cc(O)c(O)c(S(=O)(=O)NCC)c1. The van der Waals surface area contributed by atoms with Gasteiger partial charge in [-0.05, 0) is 6.07 Å². The second-order valence-electron chi connectivity index (χ2n) is 3.79. The molecule has 0 bridgehead atoms. The molecule has 1 aromatic rings. The van der Waals surface area contributed by atoms with Crippen molar-refractivity contribution >= 4 is 20.0 Å². The molecule has 4 N–H and O–H groups in total. The fourth-order valence-electron chi connectivity index (χ4n) is 1.47. The largest absolute Gasteiger partial charge is 0.504 e. The number of rotatable bonds is 6. The molecule has 0 aliphatic carbocycles. The highest BCUT2D eigenvalue weighted by Gasteiger charge is 2.25. The molecule has 0 saturated heterocycles. The van der Waals surface area contributed by atoms with Gasteiger partial charge >= 0.3 is 0 Å². The number of hydrogen-bond acceptors (Lipinski definition) is 6. The lowest BCUT2D eigenvalue weighted by Gasteiger charge is -2.11. The number of benzene rings is 1. The molecule has 20 heavy (non-hydrogen) atoms. The summed E-state index contributed by atoms with van der Waals surface area (Å²) in [5.74, 6) is -1.73. The van der Waals surface area contributed by atoms with Crippen LogP contribution in [0.15, 0.2) is 21.9 Å². The van der Waals surface area contributed by atoms with Crippen molar-refractivity contribution in [2.75, 3.05) is 13.1 Å². The maximum Gasteiger partial charge on any atom is 0.244 e. The quantitative estimate of drug-likeness (QED) is 0.531. The molecule has 0 aliphatic rings. The maximum absolute atomic E-state index is 11.8. The predicted molar refractivity (Wildman–Crippen MR) is 71.5 cm³/mol. The molecule has 0 amide bonds. The average molecular weight is 324 g/mol. The van der Waals surface area contributed by atoms with E-state index in [2.05, 4.69) is 9.44 Å². The van der Waals surface area contributed by atoms with Gasteiger partial charge in [0.1, 0.15) is 4.90 Å². The van der Waals surface area contributed by atoms with Crippen LogP contribution >= 0.6 is 0 Å². The van der Waals surface area contributed by atoms with Gasteiger partial charge < -0.3 is 10.2 Å². The van der Waals surface area contributed by atoms with Gasteiger partial charge in [0, 0.05) is 19.2 Å². The first kappa shape index (κ1) is 16.7. The topological polar surface area (TPSA) is 133 Å². The van der Waals surface area contributed by atoms with E-state index in [1.807, 2.05) is 0 Å². The third-order valence-corrected chi connectivity index (χ3v) is 5.38. The smallest absolute Gasteiger partial charge is 0.244 e. The molecule has 114 valence electrons. The van der Waals surface area contributed by atoms with Crippen LogP contribution in [-0.4, -0.2) is 40.1 Å². The Hall–Kier alpha value is -1.36. The lowest BCUT2D eigenvalue weighted by molar-refractivity contribution is 0.391. The molecule has 0 radical (unpaired) electrons. The van der Waals surface area contributed by atoms with Gasteiger partial charge in [0.05, 0.1) is 4.90 Å². The first-order chi connectivity index (χ1) is 9.15. The van der Waals surface area contributed by atoms with Gasteiger partial charge in [-0.25, -0.2) is 26.3 Å². The lowest BCUT2D eigenvalue weighted by atomic mass is 10.3. The molecule has 0 unspecified atom stereocenters. The summed E-state index contributed by atoms with van der Waals surface area (Å²) in [5.41, 5.74) is 0. The van der Waals surface area contributed by atoms with E-state index in [-0.39, 0.29) is 13.1 Å². The number of aromatic hydroxyl groups is 2. The molecule has 10 heteroatoms. The van der Waals surface area contributed by atoms with E-state index in [9.17, 15) is 27.0 Å². The van der Waals surface area contributed by atoms with Crippen molar-refractivity contribution in [2.45, 2.75) is 23.6 Å². The van der Waals surface area contributed by atoms with E-state index in [4.69, 9.17) is 0 Å². The van der Waals surface area contributed by atoms with Crippen LogP contribution in [0.3, 0.4) is 0 Å². The molecule has 0 spiro atoms. The minimum Gasteiger partial charge on any atom is -0.504 e. The van der Waals surface area contributed by atoms with Crippen LogP contribution in [0.25, 0.3) is 0 Å². The molecule has 1 rings (SSSR count). The summed E-state index contributed by atoms with van der Waals surface area (Å²) in [4.78, 5) is -1.15. The van der Waals surface area contributed by atoms with E-state index in [1.165, 1.54) is 6.92 Å². The van der Waals surface area contributed by atoms with Crippen molar-refractivity contribution in [3.63, 3.8) is 0 Å². The van der Waals surface area contributed by atoms with Crippen LogP contribution in [0.1, 0.15) is 13.8 Å². The Labute approximate surface area is 117 Å². The van der Waals surface area contributed by atoms with Crippen molar-refractivity contribution in [1.29, 1.82) is 0 Å². The Bertz CT molecular complexity index is 697. The Morgan fingerprint density at radius 2 is 1.45 bits per heavy atom. The number of phenolic OH excluding ortho intramolecular Hbond substituents is 2. The van der Waals surface area contributed by atoms with Crippen LogP contribution in [0.5, 0.6) is 11.5 Å². The fourth-order valence-corrected chi connectivity index (χ4v) is 3.81. The summed E-state index contributed by atoms with van der Waals surface area (Å²) in [5, 5.41) is 19.1. The van der Waals surface area contributed by atoms with Crippen molar-refractivity contribution in [2.24, 2.45) is 0 Å². The van der Waals surface area contributed by atoms with Crippen LogP contribution < -0.4 is 9.44 Å². The van der Waals surface area contributed by atoms with Gasteiger partial charge in [-0.3, -0.25) is 0 Å². The summed E-state index contributed by atoms with van der Waals surface area (Å²) >= 11 is 0. The van der Waals surface area contributed by atoms with Crippen molar-refractivity contribution < 1.29 is 27.0 Å². The molecule has 0 heterocycles. The Kier molecular flexibility index (Phi) is 4.97. The van der Waals surface area contributed by atoms with Gasteiger partial charge in [0.25, 0.3) is 0 Å². The minimum atomic E-state index is -4.11. The van der Waals surface area contributed by atoms with Crippen LogP contribution in [0.4, 0.5) is 0 Å². The monoisotopic (exact) mass is 324 g/mol. The fraction of sp³-hybridized carbons (Fsp3) is 0.400. The molecule has 0 aliphatic heterocycles. The summed E-state index contributed by atoms with van der Waals surface area (Å²) in [7, 11) is -8.07. The molecule has 0 aromatic heterocycles. The molecule has 1 aromatic carbocycles. The van der Waals surface area contributed by atoms with Gasteiger partial charge in [-0.15, -0.1) is 0 Å². The molecule has 0 saturated carbocycles. The normalized spacial score (nSPS) is 12.5. The van der Waals surface area contributed by atoms with Crippen LogP contribution in [-0.2, 0) is 20.0 Å². The highest BCUT2D eigenvalue weighted by molar-refractivity contribution is 7.90. The molecule has 0 atom stereocenters. The number of hydrogen-bond donors (Lipinski definition) is 4. The van der Waals surface area contributed by atoms with Crippen molar-refractivity contribution in [3.8, 4) is 11.5 Å². The average Bonchev–Trinajstić information content (AvgIpc) is 2.31. The molecule has 8 nitrogen and oxygen atoms in total. The Morgan fingerprint density at radius 3 is 1.95 bits per heavy atom. The third kappa shape index (κ3) is 3.39. The maximum atomic E-state index is 11.8. The minimum absolute atomic E-state index is 0.0483. The molecular weight excluding hydrogens is 308 g/mol. The zero-order valence-corrected chi connectivity index (χ0v) is 12.5. The van der Waals surface area contributed by atoms with Gasteiger partial charge in [0.2, 0.25) is 20.0 Å². The predicted octanol–water partition coefficient (Wildman–Crippen LogP) is -0.306. The van der Waals surface area contributed by atoms with E-state index in [1.54, 1.807) is 6.92 Å². The van der Waals surface area contributed by atoms with Crippen LogP contribution in [0.2, 0.25) is 0 Å². The standard InChI is InChI=1S/C10H16N2O6S2/c1-3-11-19(15,16)7-5-8(13)10(14)9(6-7)20(17,18)12-4-2/h5-6,11-14H,3-4H2,1-2H3. The second kappa shape index (κ2) is 5.95. The Morgan fingerprint density at radius 1 is 0.950 bits per heavy atom. The highest BCUT2D eigenvalue weighted by Crippen LogP contribution is 2.34. The molecular formula is C10H16N2O6S2. The number of phenols is 2. The zero-order chi connectivity index (χ0) is 15.6. The van der Waals surface area contributed by atoms with Crippen molar-refractivity contribution in [1.82, 2.24) is 9.44 Å². The van der Waals surface area contributed by atoms with E-state index in [0.29, 0.717) is 0 Å². The lowest BCUT2D eigenvalue weighted by Crippen LogP contribution is -2.25. The Balaban J connectivity index is 3.53.